The quantitative estimate of drug-likeness (QED) is 0.451. The summed E-state index contributed by atoms with van der Waals surface area (Å²) in [4.78, 5) is 21.4. The van der Waals surface area contributed by atoms with Crippen LogP contribution in [-0.2, 0) is 11.2 Å². The SMILES string of the molecule is CCCOc1cccc(CCN=C(NCC)N2CCN(CC(=O)NC3CC3)CC2)c1. The molecule has 1 saturated heterocycles. The number of rotatable bonds is 10. The molecule has 30 heavy (non-hydrogen) atoms. The number of aliphatic imine (C=N–C) groups is 1. The van der Waals surface area contributed by atoms with E-state index in [-0.39, 0.29) is 5.91 Å². The summed E-state index contributed by atoms with van der Waals surface area (Å²) in [7, 11) is 0. The van der Waals surface area contributed by atoms with Crippen LogP contribution in [0.1, 0.15) is 38.7 Å². The second-order valence-electron chi connectivity index (χ2n) is 8.09. The molecule has 0 spiro atoms. The molecule has 0 radical (unpaired) electrons. The van der Waals surface area contributed by atoms with Gasteiger partial charge in [-0.15, -0.1) is 0 Å². The number of amides is 1. The maximum absolute atomic E-state index is 12.0. The van der Waals surface area contributed by atoms with Crippen molar-refractivity contribution in [2.75, 3.05) is 52.4 Å². The molecule has 166 valence electrons. The molecule has 7 heteroatoms. The van der Waals surface area contributed by atoms with E-state index in [0.29, 0.717) is 12.6 Å². The first-order valence-electron chi connectivity index (χ1n) is 11.4. The molecule has 1 aromatic carbocycles. The minimum absolute atomic E-state index is 0.164. The number of carbonyl (C=O) groups excluding carboxylic acids is 1. The Labute approximate surface area is 180 Å². The Morgan fingerprint density at radius 2 is 2.00 bits per heavy atom. The van der Waals surface area contributed by atoms with Gasteiger partial charge >= 0.3 is 0 Å². The lowest BCUT2D eigenvalue weighted by Crippen LogP contribution is -2.54. The van der Waals surface area contributed by atoms with E-state index in [1.165, 1.54) is 5.56 Å². The zero-order chi connectivity index (χ0) is 21.2. The number of carbonyl (C=O) groups is 1. The van der Waals surface area contributed by atoms with Gasteiger partial charge in [0.25, 0.3) is 0 Å². The first kappa shape index (κ1) is 22.4. The third-order valence-electron chi connectivity index (χ3n) is 5.35. The number of nitrogens with one attached hydrogen (secondary N) is 2. The van der Waals surface area contributed by atoms with Gasteiger partial charge in [0.1, 0.15) is 5.75 Å². The van der Waals surface area contributed by atoms with Crippen LogP contribution in [-0.4, -0.2) is 80.1 Å². The average Bonchev–Trinajstić information content (AvgIpc) is 3.56. The lowest BCUT2D eigenvalue weighted by atomic mass is 10.1. The Balaban J connectivity index is 1.45. The van der Waals surface area contributed by atoms with Crippen molar-refractivity contribution in [1.29, 1.82) is 0 Å². The van der Waals surface area contributed by atoms with E-state index in [9.17, 15) is 4.79 Å². The molecule has 7 nitrogen and oxygen atoms in total. The number of hydrogen-bond acceptors (Lipinski definition) is 4. The molecular formula is C23H37N5O2. The Hall–Kier alpha value is -2.28. The summed E-state index contributed by atoms with van der Waals surface area (Å²) < 4.78 is 5.73. The van der Waals surface area contributed by atoms with Gasteiger partial charge < -0.3 is 20.3 Å². The third kappa shape index (κ3) is 7.52. The molecule has 1 amide bonds. The van der Waals surface area contributed by atoms with Crippen LogP contribution in [0.2, 0.25) is 0 Å². The summed E-state index contributed by atoms with van der Waals surface area (Å²) in [5.41, 5.74) is 1.25. The van der Waals surface area contributed by atoms with Gasteiger partial charge in [-0.05, 0) is 50.3 Å². The molecule has 2 aliphatic rings. The molecule has 1 saturated carbocycles. The molecule has 0 atom stereocenters. The van der Waals surface area contributed by atoms with E-state index >= 15 is 0 Å². The molecule has 2 fully saturated rings. The lowest BCUT2D eigenvalue weighted by Gasteiger charge is -2.36. The van der Waals surface area contributed by atoms with Crippen molar-refractivity contribution in [3.63, 3.8) is 0 Å². The van der Waals surface area contributed by atoms with Gasteiger partial charge in [0.15, 0.2) is 5.96 Å². The van der Waals surface area contributed by atoms with Crippen LogP contribution >= 0.6 is 0 Å². The van der Waals surface area contributed by atoms with Crippen LogP contribution in [0.15, 0.2) is 29.3 Å². The lowest BCUT2D eigenvalue weighted by molar-refractivity contribution is -0.122. The van der Waals surface area contributed by atoms with Gasteiger partial charge in [-0.3, -0.25) is 14.7 Å². The van der Waals surface area contributed by atoms with E-state index < -0.39 is 0 Å². The van der Waals surface area contributed by atoms with Crippen molar-refractivity contribution >= 4 is 11.9 Å². The largest absolute Gasteiger partial charge is 0.494 e. The predicted octanol–water partition coefficient (Wildman–Crippen LogP) is 1.88. The van der Waals surface area contributed by atoms with E-state index in [4.69, 9.17) is 9.73 Å². The zero-order valence-electron chi connectivity index (χ0n) is 18.5. The fraction of sp³-hybridized carbons (Fsp3) is 0.652. The number of guanidine groups is 1. The van der Waals surface area contributed by atoms with E-state index in [1.54, 1.807) is 0 Å². The summed E-state index contributed by atoms with van der Waals surface area (Å²) in [6, 6.07) is 8.74. The van der Waals surface area contributed by atoms with Crippen molar-refractivity contribution in [2.24, 2.45) is 4.99 Å². The van der Waals surface area contributed by atoms with Gasteiger partial charge in [0.05, 0.1) is 13.2 Å². The molecule has 0 unspecified atom stereocenters. The Morgan fingerprint density at radius 3 is 2.70 bits per heavy atom. The van der Waals surface area contributed by atoms with E-state index in [1.807, 2.05) is 12.1 Å². The zero-order valence-corrected chi connectivity index (χ0v) is 18.5. The molecule has 1 aliphatic heterocycles. The minimum Gasteiger partial charge on any atom is -0.494 e. The predicted molar refractivity (Wildman–Crippen MR) is 121 cm³/mol. The summed E-state index contributed by atoms with van der Waals surface area (Å²) in [6.07, 6.45) is 4.18. The highest BCUT2D eigenvalue weighted by Gasteiger charge is 2.25. The summed E-state index contributed by atoms with van der Waals surface area (Å²) in [5.74, 6) is 2.07. The molecule has 1 aromatic rings. The maximum Gasteiger partial charge on any atom is 0.234 e. The smallest absolute Gasteiger partial charge is 0.234 e. The average molecular weight is 416 g/mol. The number of benzene rings is 1. The van der Waals surface area contributed by atoms with Crippen LogP contribution < -0.4 is 15.4 Å². The van der Waals surface area contributed by atoms with E-state index in [2.05, 4.69) is 46.4 Å². The van der Waals surface area contributed by atoms with E-state index in [0.717, 1.165) is 83.3 Å². The van der Waals surface area contributed by atoms with Gasteiger partial charge in [0, 0.05) is 45.3 Å². The highest BCUT2D eigenvalue weighted by Crippen LogP contribution is 2.18. The van der Waals surface area contributed by atoms with Gasteiger partial charge in [-0.2, -0.15) is 0 Å². The van der Waals surface area contributed by atoms with Crippen LogP contribution in [0.3, 0.4) is 0 Å². The molecule has 0 aromatic heterocycles. The number of ether oxygens (including phenoxy) is 1. The number of piperazine rings is 1. The topological polar surface area (TPSA) is 69.2 Å². The minimum atomic E-state index is 0.164. The molecule has 0 bridgehead atoms. The van der Waals surface area contributed by atoms with Crippen molar-refractivity contribution in [1.82, 2.24) is 20.4 Å². The third-order valence-corrected chi connectivity index (χ3v) is 5.35. The van der Waals surface area contributed by atoms with Crippen molar-refractivity contribution in [2.45, 2.75) is 45.6 Å². The molecule has 1 aliphatic carbocycles. The highest BCUT2D eigenvalue weighted by molar-refractivity contribution is 5.80. The molecular weight excluding hydrogens is 378 g/mol. The van der Waals surface area contributed by atoms with Crippen LogP contribution in [0, 0.1) is 0 Å². The number of hydrogen-bond donors (Lipinski definition) is 2. The van der Waals surface area contributed by atoms with Gasteiger partial charge in [-0.25, -0.2) is 0 Å². The maximum atomic E-state index is 12.0. The standard InChI is InChI=1S/C23H37N5O2/c1-3-16-30-21-7-5-6-19(17-21)10-11-25-23(24-4-2)28-14-12-27(13-15-28)18-22(29)26-20-8-9-20/h5-7,17,20H,3-4,8-16,18H2,1-2H3,(H,24,25)(H,26,29). The van der Waals surface area contributed by atoms with Crippen LogP contribution in [0.4, 0.5) is 0 Å². The molecule has 3 rings (SSSR count). The fourth-order valence-electron chi connectivity index (χ4n) is 3.55. The van der Waals surface area contributed by atoms with Crippen LogP contribution in [0.5, 0.6) is 5.75 Å². The normalized spacial score (nSPS) is 17.7. The first-order valence-corrected chi connectivity index (χ1v) is 11.4. The Kier molecular flexibility index (Phi) is 8.81. The Morgan fingerprint density at radius 1 is 1.20 bits per heavy atom. The van der Waals surface area contributed by atoms with Gasteiger partial charge in [0.2, 0.25) is 5.91 Å². The highest BCUT2D eigenvalue weighted by atomic mass is 16.5. The van der Waals surface area contributed by atoms with Crippen molar-refractivity contribution in [3.05, 3.63) is 29.8 Å². The van der Waals surface area contributed by atoms with Gasteiger partial charge in [-0.1, -0.05) is 19.1 Å². The van der Waals surface area contributed by atoms with Crippen molar-refractivity contribution < 1.29 is 9.53 Å². The number of nitrogens with zero attached hydrogens (tertiary/aromatic N) is 3. The first-order chi connectivity index (χ1) is 14.7. The summed E-state index contributed by atoms with van der Waals surface area (Å²) in [6.45, 7) is 10.6. The van der Waals surface area contributed by atoms with Crippen molar-refractivity contribution in [3.8, 4) is 5.75 Å². The summed E-state index contributed by atoms with van der Waals surface area (Å²) in [5, 5.41) is 6.50. The Bertz CT molecular complexity index is 697. The second-order valence-corrected chi connectivity index (χ2v) is 8.09. The molecule has 1 heterocycles. The monoisotopic (exact) mass is 415 g/mol. The fourth-order valence-corrected chi connectivity index (χ4v) is 3.55. The van der Waals surface area contributed by atoms with Crippen LogP contribution in [0.25, 0.3) is 0 Å². The molecule has 2 N–H and O–H groups in total. The second kappa shape index (κ2) is 11.8. The summed E-state index contributed by atoms with van der Waals surface area (Å²) >= 11 is 0.